The van der Waals surface area contributed by atoms with Gasteiger partial charge in [0.1, 0.15) is 23.6 Å². The summed E-state index contributed by atoms with van der Waals surface area (Å²) in [7, 11) is 1.37. The molecule has 1 aliphatic rings. The summed E-state index contributed by atoms with van der Waals surface area (Å²) in [6.45, 7) is 3.32. The molecule has 1 amide bonds. The number of carbonyl (C=O) groups excluding carboxylic acids is 2. The van der Waals surface area contributed by atoms with Gasteiger partial charge in [0.25, 0.3) is 5.91 Å². The molecule has 0 spiro atoms. The lowest BCUT2D eigenvalue weighted by molar-refractivity contribution is -0.150. The molecule has 0 aliphatic carbocycles. The highest BCUT2D eigenvalue weighted by Gasteiger charge is 2.34. The van der Waals surface area contributed by atoms with Crippen LogP contribution in [0, 0.1) is 0 Å². The van der Waals surface area contributed by atoms with Gasteiger partial charge < -0.3 is 24.6 Å². The van der Waals surface area contributed by atoms with E-state index in [1.807, 2.05) is 55.5 Å². The van der Waals surface area contributed by atoms with Gasteiger partial charge in [-0.2, -0.15) is 0 Å². The van der Waals surface area contributed by atoms with Crippen LogP contribution < -0.4 is 14.8 Å². The summed E-state index contributed by atoms with van der Waals surface area (Å²) in [5.74, 6) is -0.431. The number of esters is 1. The fraction of sp³-hybridized carbons (Fsp3) is 0.240. The first-order valence-electron chi connectivity index (χ1n) is 10.5. The average molecular weight is 448 g/mol. The summed E-state index contributed by atoms with van der Waals surface area (Å²) in [5, 5.41) is 12.7. The molecule has 0 fully saturated rings. The van der Waals surface area contributed by atoms with Crippen molar-refractivity contribution in [2.45, 2.75) is 31.9 Å². The number of para-hydroxylation sites is 2. The number of fused-ring (bicyclic) bond motifs is 2. The van der Waals surface area contributed by atoms with E-state index >= 15 is 0 Å². The third kappa shape index (κ3) is 4.32. The van der Waals surface area contributed by atoms with Crippen LogP contribution in [0.25, 0.3) is 0 Å². The van der Waals surface area contributed by atoms with Gasteiger partial charge in [-0.1, -0.05) is 36.4 Å². The molecule has 0 saturated heterocycles. The van der Waals surface area contributed by atoms with Crippen LogP contribution in [-0.2, 0) is 9.53 Å². The average Bonchev–Trinajstić information content (AvgIpc) is 2.82. The molecule has 170 valence electrons. The molecule has 2 aromatic carbocycles. The van der Waals surface area contributed by atoms with Crippen molar-refractivity contribution in [3.63, 3.8) is 0 Å². The Morgan fingerprint density at radius 3 is 2.24 bits per heavy atom. The molecule has 33 heavy (non-hydrogen) atoms. The summed E-state index contributed by atoms with van der Waals surface area (Å²) < 4.78 is 16.8. The second-order valence-corrected chi connectivity index (χ2v) is 7.70. The molecular weight excluding hydrogens is 424 g/mol. The van der Waals surface area contributed by atoms with Crippen molar-refractivity contribution in [3.05, 3.63) is 77.6 Å². The smallest absolute Gasteiger partial charge is 0.328 e. The highest BCUT2D eigenvalue weighted by molar-refractivity contribution is 5.97. The molecular formula is C25H24N2O6. The lowest BCUT2D eigenvalue weighted by atomic mass is 9.84. The molecule has 0 radical (unpaired) electrons. The van der Waals surface area contributed by atoms with Crippen molar-refractivity contribution in [3.8, 4) is 23.0 Å². The van der Waals surface area contributed by atoms with Gasteiger partial charge in [0.05, 0.1) is 13.0 Å². The number of nitrogens with zero attached hydrogens (tertiary/aromatic N) is 1. The quantitative estimate of drug-likeness (QED) is 0.553. The second-order valence-electron chi connectivity index (χ2n) is 7.70. The number of rotatable bonds is 6. The number of aromatic nitrogens is 1. The lowest BCUT2D eigenvalue weighted by Gasteiger charge is -2.32. The van der Waals surface area contributed by atoms with E-state index in [0.29, 0.717) is 11.5 Å². The van der Waals surface area contributed by atoms with Gasteiger partial charge in [-0.05, 0) is 26.0 Å². The van der Waals surface area contributed by atoms with Crippen LogP contribution in [0.5, 0.6) is 23.0 Å². The molecule has 3 aromatic rings. The number of pyridine rings is 1. The number of carbonyl (C=O) groups is 2. The van der Waals surface area contributed by atoms with Gasteiger partial charge in [-0.3, -0.25) is 4.79 Å². The Bertz CT molecular complexity index is 1150. The van der Waals surface area contributed by atoms with Crippen molar-refractivity contribution >= 4 is 11.9 Å². The monoisotopic (exact) mass is 448 g/mol. The molecule has 2 atom stereocenters. The van der Waals surface area contributed by atoms with Crippen LogP contribution in [0.15, 0.2) is 60.8 Å². The zero-order chi connectivity index (χ0) is 23.5. The molecule has 2 N–H and O–H groups in total. The number of ether oxygens (including phenoxy) is 3. The number of methoxy groups -OCH3 is 1. The van der Waals surface area contributed by atoms with Crippen LogP contribution in [0.2, 0.25) is 0 Å². The number of amides is 1. The molecule has 8 heteroatoms. The largest absolute Gasteiger partial charge is 0.503 e. The molecule has 1 aliphatic heterocycles. The van der Waals surface area contributed by atoms with E-state index in [-0.39, 0.29) is 17.4 Å². The van der Waals surface area contributed by atoms with Crippen molar-refractivity contribution < 1.29 is 28.9 Å². The fourth-order valence-electron chi connectivity index (χ4n) is 3.90. The summed E-state index contributed by atoms with van der Waals surface area (Å²) in [6.07, 6.45) is 0.796. The maximum absolute atomic E-state index is 12.8. The highest BCUT2D eigenvalue weighted by Crippen LogP contribution is 2.46. The van der Waals surface area contributed by atoms with Crippen molar-refractivity contribution in [1.82, 2.24) is 10.3 Å². The van der Waals surface area contributed by atoms with E-state index in [9.17, 15) is 14.7 Å². The van der Waals surface area contributed by atoms with Gasteiger partial charge >= 0.3 is 5.97 Å². The Morgan fingerprint density at radius 1 is 1.03 bits per heavy atom. The first kappa shape index (κ1) is 22.1. The molecule has 1 unspecified atom stereocenters. The Hall–Kier alpha value is -4.07. The molecule has 8 nitrogen and oxygen atoms in total. The molecule has 4 rings (SSSR count). The Morgan fingerprint density at radius 2 is 1.64 bits per heavy atom. The highest BCUT2D eigenvalue weighted by atomic mass is 16.5. The van der Waals surface area contributed by atoms with Crippen LogP contribution >= 0.6 is 0 Å². The molecule has 0 bridgehead atoms. The maximum Gasteiger partial charge on any atom is 0.328 e. The van der Waals surface area contributed by atoms with Crippen LogP contribution in [-0.4, -0.2) is 41.2 Å². The Labute approximate surface area is 191 Å². The lowest BCUT2D eigenvalue weighted by Crippen LogP contribution is -2.41. The van der Waals surface area contributed by atoms with Gasteiger partial charge in [0.15, 0.2) is 17.2 Å². The standard InChI is InChI=1S/C25H24N2O6/c1-14(27-24(29)22-23(28)20(31-3)12-13-26-22)25(30)32-15(2)21-16-8-4-6-10-18(16)33-19-11-7-5-9-17(19)21/h4-15,21,28H,1-3H3,(H,27,29)/t14-,15?/m0/s1. The SMILES string of the molecule is COc1ccnc(C(=O)N[C@@H](C)C(=O)OC(C)C2c3ccccc3Oc3ccccc32)c1O. The third-order valence-electron chi connectivity index (χ3n) is 5.52. The van der Waals surface area contributed by atoms with Gasteiger partial charge in [-0.25, -0.2) is 9.78 Å². The number of hydrogen-bond acceptors (Lipinski definition) is 7. The summed E-state index contributed by atoms with van der Waals surface area (Å²) in [6, 6.07) is 15.7. The predicted octanol–water partition coefficient (Wildman–Crippen LogP) is 3.78. The topological polar surface area (TPSA) is 107 Å². The summed E-state index contributed by atoms with van der Waals surface area (Å²) in [5.41, 5.74) is 1.59. The number of hydrogen-bond donors (Lipinski definition) is 2. The zero-order valence-corrected chi connectivity index (χ0v) is 18.4. The van der Waals surface area contributed by atoms with Crippen LogP contribution in [0.4, 0.5) is 0 Å². The molecule has 1 aromatic heterocycles. The molecule has 0 saturated carbocycles. The number of nitrogens with one attached hydrogen (secondary N) is 1. The third-order valence-corrected chi connectivity index (χ3v) is 5.52. The van der Waals surface area contributed by atoms with E-state index in [4.69, 9.17) is 14.2 Å². The normalized spacial score (nSPS) is 14.2. The van der Waals surface area contributed by atoms with Gasteiger partial charge in [-0.15, -0.1) is 0 Å². The predicted molar refractivity (Wildman–Crippen MR) is 120 cm³/mol. The minimum Gasteiger partial charge on any atom is -0.503 e. The number of aromatic hydroxyl groups is 1. The Kier molecular flexibility index (Phi) is 6.17. The van der Waals surface area contributed by atoms with E-state index in [1.165, 1.54) is 26.3 Å². The molecule has 2 heterocycles. The fourth-order valence-corrected chi connectivity index (χ4v) is 3.90. The minimum absolute atomic E-state index is 0.107. The minimum atomic E-state index is -0.974. The van der Waals surface area contributed by atoms with E-state index in [2.05, 4.69) is 10.3 Å². The van der Waals surface area contributed by atoms with Crippen LogP contribution in [0.1, 0.15) is 41.4 Å². The second kappa shape index (κ2) is 9.20. The Balaban J connectivity index is 1.50. The van der Waals surface area contributed by atoms with Crippen molar-refractivity contribution in [2.75, 3.05) is 7.11 Å². The van der Waals surface area contributed by atoms with Gasteiger partial charge in [0, 0.05) is 23.4 Å². The zero-order valence-electron chi connectivity index (χ0n) is 18.4. The van der Waals surface area contributed by atoms with Crippen molar-refractivity contribution in [2.24, 2.45) is 0 Å². The first-order valence-corrected chi connectivity index (χ1v) is 10.5. The van der Waals surface area contributed by atoms with Gasteiger partial charge in [0.2, 0.25) is 0 Å². The van der Waals surface area contributed by atoms with Crippen LogP contribution in [0.3, 0.4) is 0 Å². The van der Waals surface area contributed by atoms with Crippen molar-refractivity contribution in [1.29, 1.82) is 0 Å². The van der Waals surface area contributed by atoms with E-state index < -0.39 is 29.8 Å². The summed E-state index contributed by atoms with van der Waals surface area (Å²) >= 11 is 0. The number of benzene rings is 2. The maximum atomic E-state index is 12.8. The van der Waals surface area contributed by atoms with E-state index in [0.717, 1.165) is 11.1 Å². The first-order chi connectivity index (χ1) is 15.9. The summed E-state index contributed by atoms with van der Waals surface area (Å²) in [4.78, 5) is 29.2. The van der Waals surface area contributed by atoms with E-state index in [1.54, 1.807) is 0 Å².